The molecular weight excluding hydrogens is 192 g/mol. The van der Waals surface area contributed by atoms with Crippen LogP contribution in [0.2, 0.25) is 0 Å². The van der Waals surface area contributed by atoms with Crippen LogP contribution >= 0.6 is 0 Å². The van der Waals surface area contributed by atoms with E-state index in [4.69, 9.17) is 10.5 Å². The zero-order valence-corrected chi connectivity index (χ0v) is 9.55. The standard InChI is InChI=1S/C11H22N2O2/c1-15-9-4-2-3-8-13-10(14)11(12)6-5-7-11/h2-9,12H2,1H3,(H,13,14). The van der Waals surface area contributed by atoms with Crippen molar-refractivity contribution >= 4 is 5.91 Å². The van der Waals surface area contributed by atoms with Crippen molar-refractivity contribution in [1.82, 2.24) is 5.32 Å². The lowest BCUT2D eigenvalue weighted by molar-refractivity contribution is -0.129. The molecule has 0 heterocycles. The lowest BCUT2D eigenvalue weighted by Crippen LogP contribution is -2.58. The van der Waals surface area contributed by atoms with E-state index in [1.807, 2.05) is 0 Å². The van der Waals surface area contributed by atoms with Crippen molar-refractivity contribution in [2.45, 2.75) is 44.1 Å². The molecule has 0 aromatic heterocycles. The number of ether oxygens (including phenoxy) is 1. The second-order valence-electron chi connectivity index (χ2n) is 4.32. The summed E-state index contributed by atoms with van der Waals surface area (Å²) in [7, 11) is 1.70. The first-order chi connectivity index (χ1) is 7.19. The number of hydrogen-bond acceptors (Lipinski definition) is 3. The first kappa shape index (κ1) is 12.5. The number of nitrogens with two attached hydrogens (primary N) is 1. The molecule has 88 valence electrons. The minimum absolute atomic E-state index is 0.0282. The number of rotatable bonds is 7. The normalized spacial score (nSPS) is 18.3. The number of nitrogens with one attached hydrogen (secondary N) is 1. The van der Waals surface area contributed by atoms with Crippen LogP contribution in [-0.4, -0.2) is 31.7 Å². The molecule has 0 aromatic carbocycles. The molecule has 1 aliphatic carbocycles. The summed E-state index contributed by atoms with van der Waals surface area (Å²) in [6.07, 6.45) is 5.90. The number of carbonyl (C=O) groups excluding carboxylic acids is 1. The Morgan fingerprint density at radius 1 is 1.40 bits per heavy atom. The fourth-order valence-electron chi connectivity index (χ4n) is 1.71. The van der Waals surface area contributed by atoms with Crippen LogP contribution in [0.1, 0.15) is 38.5 Å². The average molecular weight is 214 g/mol. The highest BCUT2D eigenvalue weighted by atomic mass is 16.5. The zero-order valence-electron chi connectivity index (χ0n) is 9.55. The maximum absolute atomic E-state index is 11.6. The average Bonchev–Trinajstić information content (AvgIpc) is 2.19. The predicted molar refractivity (Wildman–Crippen MR) is 59.5 cm³/mol. The molecule has 15 heavy (non-hydrogen) atoms. The van der Waals surface area contributed by atoms with E-state index in [1.54, 1.807) is 7.11 Å². The highest BCUT2D eigenvalue weighted by Crippen LogP contribution is 2.28. The lowest BCUT2D eigenvalue weighted by Gasteiger charge is -2.36. The van der Waals surface area contributed by atoms with Crippen LogP contribution in [0.15, 0.2) is 0 Å². The van der Waals surface area contributed by atoms with Crippen LogP contribution in [0.25, 0.3) is 0 Å². The van der Waals surface area contributed by atoms with Crippen molar-refractivity contribution in [2.24, 2.45) is 5.73 Å². The molecule has 0 bridgehead atoms. The highest BCUT2D eigenvalue weighted by Gasteiger charge is 2.39. The molecule has 1 aliphatic rings. The van der Waals surface area contributed by atoms with Gasteiger partial charge in [-0.2, -0.15) is 0 Å². The fourth-order valence-corrected chi connectivity index (χ4v) is 1.71. The SMILES string of the molecule is COCCCCCNC(=O)C1(N)CCC1. The van der Waals surface area contributed by atoms with Gasteiger partial charge in [-0.15, -0.1) is 0 Å². The van der Waals surface area contributed by atoms with Crippen LogP contribution < -0.4 is 11.1 Å². The van der Waals surface area contributed by atoms with E-state index in [-0.39, 0.29) is 5.91 Å². The Labute approximate surface area is 91.5 Å². The Morgan fingerprint density at radius 2 is 2.13 bits per heavy atom. The maximum Gasteiger partial charge on any atom is 0.240 e. The Morgan fingerprint density at radius 3 is 2.67 bits per heavy atom. The second-order valence-corrected chi connectivity index (χ2v) is 4.32. The summed E-state index contributed by atoms with van der Waals surface area (Å²) in [5.74, 6) is 0.0282. The highest BCUT2D eigenvalue weighted by molar-refractivity contribution is 5.86. The summed E-state index contributed by atoms with van der Waals surface area (Å²) in [4.78, 5) is 11.6. The predicted octanol–water partition coefficient (Wildman–Crippen LogP) is 0.801. The Kier molecular flexibility index (Phi) is 5.05. The third-order valence-electron chi connectivity index (χ3n) is 3.01. The quantitative estimate of drug-likeness (QED) is 0.616. The molecule has 0 aromatic rings. The minimum Gasteiger partial charge on any atom is -0.385 e. The molecule has 1 rings (SSSR count). The van der Waals surface area contributed by atoms with Crippen molar-refractivity contribution in [3.05, 3.63) is 0 Å². The zero-order chi connectivity index (χ0) is 11.1. The summed E-state index contributed by atoms with van der Waals surface area (Å²) in [5.41, 5.74) is 5.33. The van der Waals surface area contributed by atoms with Gasteiger partial charge in [-0.25, -0.2) is 0 Å². The summed E-state index contributed by atoms with van der Waals surface area (Å²) in [6, 6.07) is 0. The van der Waals surface area contributed by atoms with Crippen LogP contribution in [-0.2, 0) is 9.53 Å². The molecule has 0 aliphatic heterocycles. The van der Waals surface area contributed by atoms with Crippen LogP contribution in [0.5, 0.6) is 0 Å². The molecule has 0 saturated heterocycles. The third-order valence-corrected chi connectivity index (χ3v) is 3.01. The van der Waals surface area contributed by atoms with Crippen molar-refractivity contribution in [3.63, 3.8) is 0 Å². The minimum atomic E-state index is -0.549. The summed E-state index contributed by atoms with van der Waals surface area (Å²) >= 11 is 0. The second kappa shape index (κ2) is 6.08. The molecule has 1 amide bonds. The van der Waals surface area contributed by atoms with E-state index < -0.39 is 5.54 Å². The van der Waals surface area contributed by atoms with E-state index in [0.29, 0.717) is 0 Å². The van der Waals surface area contributed by atoms with Crippen molar-refractivity contribution in [2.75, 3.05) is 20.3 Å². The summed E-state index contributed by atoms with van der Waals surface area (Å²) in [6.45, 7) is 1.54. The van der Waals surface area contributed by atoms with Crippen molar-refractivity contribution in [1.29, 1.82) is 0 Å². The van der Waals surface area contributed by atoms with E-state index in [2.05, 4.69) is 5.32 Å². The molecule has 0 unspecified atom stereocenters. The topological polar surface area (TPSA) is 64.3 Å². The molecule has 1 saturated carbocycles. The summed E-state index contributed by atoms with van der Waals surface area (Å²) in [5, 5.41) is 2.90. The van der Waals surface area contributed by atoms with E-state index in [9.17, 15) is 4.79 Å². The molecule has 0 radical (unpaired) electrons. The van der Waals surface area contributed by atoms with E-state index in [0.717, 1.165) is 51.7 Å². The largest absolute Gasteiger partial charge is 0.385 e. The van der Waals surface area contributed by atoms with Gasteiger partial charge in [0.05, 0.1) is 5.54 Å². The number of unbranched alkanes of at least 4 members (excludes halogenated alkanes) is 2. The van der Waals surface area contributed by atoms with Gasteiger partial charge in [-0.1, -0.05) is 0 Å². The van der Waals surface area contributed by atoms with Gasteiger partial charge >= 0.3 is 0 Å². The Balaban J connectivity index is 1.97. The van der Waals surface area contributed by atoms with Crippen molar-refractivity contribution < 1.29 is 9.53 Å². The van der Waals surface area contributed by atoms with E-state index in [1.165, 1.54) is 0 Å². The van der Waals surface area contributed by atoms with Gasteiger partial charge in [0.2, 0.25) is 5.91 Å². The lowest BCUT2D eigenvalue weighted by atomic mass is 9.77. The Bertz CT molecular complexity index is 203. The molecular formula is C11H22N2O2. The van der Waals surface area contributed by atoms with Gasteiger partial charge in [0.1, 0.15) is 0 Å². The van der Waals surface area contributed by atoms with Gasteiger partial charge in [0.25, 0.3) is 0 Å². The first-order valence-corrected chi connectivity index (χ1v) is 5.75. The molecule has 0 spiro atoms. The van der Waals surface area contributed by atoms with Crippen LogP contribution in [0.4, 0.5) is 0 Å². The molecule has 4 heteroatoms. The van der Waals surface area contributed by atoms with Gasteiger partial charge in [0, 0.05) is 20.3 Å². The van der Waals surface area contributed by atoms with Crippen molar-refractivity contribution in [3.8, 4) is 0 Å². The third kappa shape index (κ3) is 3.80. The molecule has 0 atom stereocenters. The van der Waals surface area contributed by atoms with Crippen LogP contribution in [0.3, 0.4) is 0 Å². The van der Waals surface area contributed by atoms with Gasteiger partial charge in [-0.3, -0.25) is 4.79 Å². The molecule has 1 fully saturated rings. The van der Waals surface area contributed by atoms with E-state index >= 15 is 0 Å². The smallest absolute Gasteiger partial charge is 0.240 e. The summed E-state index contributed by atoms with van der Waals surface area (Å²) < 4.78 is 4.94. The number of carbonyl (C=O) groups is 1. The van der Waals surface area contributed by atoms with Gasteiger partial charge in [-0.05, 0) is 38.5 Å². The number of amides is 1. The number of methoxy groups -OCH3 is 1. The monoisotopic (exact) mass is 214 g/mol. The fraction of sp³-hybridized carbons (Fsp3) is 0.909. The number of hydrogen-bond donors (Lipinski definition) is 2. The van der Waals surface area contributed by atoms with Gasteiger partial charge < -0.3 is 15.8 Å². The van der Waals surface area contributed by atoms with Crippen LogP contribution in [0, 0.1) is 0 Å². The Hall–Kier alpha value is -0.610. The molecule has 3 N–H and O–H groups in total. The molecule has 4 nitrogen and oxygen atoms in total. The van der Waals surface area contributed by atoms with Gasteiger partial charge in [0.15, 0.2) is 0 Å². The first-order valence-electron chi connectivity index (χ1n) is 5.75. The maximum atomic E-state index is 11.6.